The summed E-state index contributed by atoms with van der Waals surface area (Å²) in [5.41, 5.74) is 3.96. The Morgan fingerprint density at radius 2 is 2.11 bits per heavy atom. The zero-order chi connectivity index (χ0) is 13.8. The molecular formula is C16H26N2O. The first-order valence-electron chi connectivity index (χ1n) is 7.30. The maximum Gasteiger partial charge on any atom is 0.0451 e. The summed E-state index contributed by atoms with van der Waals surface area (Å²) in [6, 6.07) is 7.62. The van der Waals surface area contributed by atoms with E-state index in [-0.39, 0.29) is 6.61 Å². The average Bonchev–Trinajstić information content (AvgIpc) is 2.56. The number of aryl methyl sites for hydroxylation is 2. The quantitative estimate of drug-likeness (QED) is 0.877. The van der Waals surface area contributed by atoms with Crippen LogP contribution in [-0.4, -0.2) is 36.9 Å². The Morgan fingerprint density at radius 3 is 2.79 bits per heavy atom. The predicted octanol–water partition coefficient (Wildman–Crippen LogP) is 2.24. The van der Waals surface area contributed by atoms with Gasteiger partial charge in [0.05, 0.1) is 0 Å². The molecule has 1 heterocycles. The summed E-state index contributed by atoms with van der Waals surface area (Å²) in [6.45, 7) is 8.81. The maximum absolute atomic E-state index is 9.29. The summed E-state index contributed by atoms with van der Waals surface area (Å²) < 4.78 is 0. The fraction of sp³-hybridized carbons (Fsp3) is 0.625. The molecule has 0 amide bonds. The molecule has 1 saturated heterocycles. The van der Waals surface area contributed by atoms with Crippen LogP contribution in [0.25, 0.3) is 0 Å². The molecular weight excluding hydrogens is 236 g/mol. The van der Waals surface area contributed by atoms with Crippen LogP contribution < -0.4 is 10.2 Å². The van der Waals surface area contributed by atoms with E-state index in [9.17, 15) is 5.11 Å². The predicted molar refractivity (Wildman–Crippen MR) is 80.8 cm³/mol. The minimum atomic E-state index is 0.252. The van der Waals surface area contributed by atoms with Crippen LogP contribution in [0.4, 0.5) is 5.69 Å². The van der Waals surface area contributed by atoms with Crippen LogP contribution in [0.5, 0.6) is 0 Å². The topological polar surface area (TPSA) is 35.5 Å². The minimum Gasteiger partial charge on any atom is -0.396 e. The van der Waals surface area contributed by atoms with E-state index in [1.165, 1.54) is 16.8 Å². The van der Waals surface area contributed by atoms with E-state index < -0.39 is 0 Å². The van der Waals surface area contributed by atoms with Crippen molar-refractivity contribution in [3.05, 3.63) is 29.3 Å². The van der Waals surface area contributed by atoms with Gasteiger partial charge in [-0.25, -0.2) is 0 Å². The van der Waals surface area contributed by atoms with Gasteiger partial charge in [-0.2, -0.15) is 0 Å². The molecule has 1 aliphatic heterocycles. The lowest BCUT2D eigenvalue weighted by atomic mass is 10.1. The Labute approximate surface area is 116 Å². The highest BCUT2D eigenvalue weighted by Gasteiger charge is 2.23. The van der Waals surface area contributed by atoms with Crippen LogP contribution in [0, 0.1) is 13.8 Å². The highest BCUT2D eigenvalue weighted by atomic mass is 16.3. The van der Waals surface area contributed by atoms with Gasteiger partial charge < -0.3 is 15.3 Å². The number of anilines is 1. The summed E-state index contributed by atoms with van der Waals surface area (Å²) >= 11 is 0. The van der Waals surface area contributed by atoms with Crippen molar-refractivity contribution in [2.45, 2.75) is 45.7 Å². The first-order chi connectivity index (χ1) is 9.11. The molecule has 1 aromatic carbocycles. The van der Waals surface area contributed by atoms with Crippen LogP contribution in [0.3, 0.4) is 0 Å². The van der Waals surface area contributed by atoms with Gasteiger partial charge in [0.1, 0.15) is 0 Å². The maximum atomic E-state index is 9.29. The van der Waals surface area contributed by atoms with E-state index in [1.807, 2.05) is 0 Å². The van der Waals surface area contributed by atoms with Gasteiger partial charge in [0.25, 0.3) is 0 Å². The summed E-state index contributed by atoms with van der Waals surface area (Å²) in [7, 11) is 0. The Hall–Kier alpha value is -1.06. The molecule has 106 valence electrons. The van der Waals surface area contributed by atoms with Crippen molar-refractivity contribution in [3.8, 4) is 0 Å². The first kappa shape index (κ1) is 14.4. The molecule has 3 nitrogen and oxygen atoms in total. The van der Waals surface area contributed by atoms with Crippen LogP contribution in [0.2, 0.25) is 0 Å². The highest BCUT2D eigenvalue weighted by molar-refractivity contribution is 5.51. The standard InChI is InChI=1S/C16H26N2O/c1-12-4-5-15(10-13(12)2)18-8-6-14(3)17-11-16(18)7-9-19/h4-5,10,14,16-17,19H,6-9,11H2,1-3H3. The minimum absolute atomic E-state index is 0.252. The summed E-state index contributed by atoms with van der Waals surface area (Å²) in [5, 5.41) is 12.8. The first-order valence-corrected chi connectivity index (χ1v) is 7.30. The molecule has 0 radical (unpaired) electrons. The van der Waals surface area contributed by atoms with Gasteiger partial charge in [0, 0.05) is 37.5 Å². The molecule has 0 aromatic heterocycles. The van der Waals surface area contributed by atoms with Gasteiger partial charge in [-0.15, -0.1) is 0 Å². The number of aliphatic hydroxyl groups excluding tert-OH is 1. The van der Waals surface area contributed by atoms with Crippen LogP contribution in [0.15, 0.2) is 18.2 Å². The number of hydrogen-bond acceptors (Lipinski definition) is 3. The second kappa shape index (κ2) is 6.40. The second-order valence-electron chi connectivity index (χ2n) is 5.73. The third-order valence-electron chi connectivity index (χ3n) is 4.23. The molecule has 0 bridgehead atoms. The van der Waals surface area contributed by atoms with E-state index in [1.54, 1.807) is 0 Å². The Balaban J connectivity index is 2.23. The molecule has 2 unspecified atom stereocenters. The van der Waals surface area contributed by atoms with Crippen molar-refractivity contribution in [3.63, 3.8) is 0 Å². The van der Waals surface area contributed by atoms with Crippen molar-refractivity contribution in [2.24, 2.45) is 0 Å². The zero-order valence-electron chi connectivity index (χ0n) is 12.3. The molecule has 1 aromatic rings. The molecule has 0 spiro atoms. The zero-order valence-corrected chi connectivity index (χ0v) is 12.3. The second-order valence-corrected chi connectivity index (χ2v) is 5.73. The van der Waals surface area contributed by atoms with Crippen molar-refractivity contribution in [1.82, 2.24) is 5.32 Å². The third kappa shape index (κ3) is 3.48. The molecule has 1 aliphatic rings. The number of benzene rings is 1. The highest BCUT2D eigenvalue weighted by Crippen LogP contribution is 2.23. The fourth-order valence-electron chi connectivity index (χ4n) is 2.72. The number of rotatable bonds is 3. The molecule has 0 aliphatic carbocycles. The smallest absolute Gasteiger partial charge is 0.0451 e. The van der Waals surface area contributed by atoms with Crippen LogP contribution >= 0.6 is 0 Å². The van der Waals surface area contributed by atoms with Crippen molar-refractivity contribution < 1.29 is 5.11 Å². The number of nitrogens with zero attached hydrogens (tertiary/aromatic N) is 1. The van der Waals surface area contributed by atoms with Gasteiger partial charge in [-0.3, -0.25) is 0 Å². The van der Waals surface area contributed by atoms with E-state index in [0.717, 1.165) is 25.9 Å². The number of hydrogen-bond donors (Lipinski definition) is 2. The lowest BCUT2D eigenvalue weighted by Gasteiger charge is -2.32. The van der Waals surface area contributed by atoms with Crippen molar-refractivity contribution in [1.29, 1.82) is 0 Å². The molecule has 19 heavy (non-hydrogen) atoms. The van der Waals surface area contributed by atoms with Gasteiger partial charge >= 0.3 is 0 Å². The molecule has 1 fully saturated rings. The van der Waals surface area contributed by atoms with E-state index in [4.69, 9.17) is 0 Å². The summed E-state index contributed by atoms with van der Waals surface area (Å²) in [5.74, 6) is 0. The molecule has 2 N–H and O–H groups in total. The molecule has 3 heteroatoms. The van der Waals surface area contributed by atoms with Gasteiger partial charge in [0.2, 0.25) is 0 Å². The van der Waals surface area contributed by atoms with Crippen LogP contribution in [0.1, 0.15) is 30.9 Å². The molecule has 2 atom stereocenters. The SMILES string of the molecule is Cc1ccc(N2CCC(C)NCC2CCO)cc1C. The van der Waals surface area contributed by atoms with Crippen molar-refractivity contribution >= 4 is 5.69 Å². The lowest BCUT2D eigenvalue weighted by molar-refractivity contribution is 0.272. The van der Waals surface area contributed by atoms with E-state index >= 15 is 0 Å². The monoisotopic (exact) mass is 262 g/mol. The Morgan fingerprint density at radius 1 is 1.32 bits per heavy atom. The normalized spacial score (nSPS) is 24.3. The lowest BCUT2D eigenvalue weighted by Crippen LogP contribution is -2.41. The molecule has 0 saturated carbocycles. The van der Waals surface area contributed by atoms with E-state index in [2.05, 4.69) is 49.2 Å². The number of nitrogens with one attached hydrogen (secondary N) is 1. The fourth-order valence-corrected chi connectivity index (χ4v) is 2.72. The van der Waals surface area contributed by atoms with Crippen molar-refractivity contribution in [2.75, 3.05) is 24.6 Å². The Bertz CT molecular complexity index is 419. The number of aliphatic hydroxyl groups is 1. The van der Waals surface area contributed by atoms with Gasteiger partial charge in [-0.1, -0.05) is 6.07 Å². The average molecular weight is 262 g/mol. The summed E-state index contributed by atoms with van der Waals surface area (Å²) in [6.07, 6.45) is 1.97. The Kier molecular flexibility index (Phi) is 4.83. The summed E-state index contributed by atoms with van der Waals surface area (Å²) in [4.78, 5) is 2.46. The molecule has 2 rings (SSSR count). The van der Waals surface area contributed by atoms with Crippen LogP contribution in [-0.2, 0) is 0 Å². The third-order valence-corrected chi connectivity index (χ3v) is 4.23. The van der Waals surface area contributed by atoms with Gasteiger partial charge in [-0.05, 0) is 56.9 Å². The largest absolute Gasteiger partial charge is 0.396 e. The van der Waals surface area contributed by atoms with Gasteiger partial charge in [0.15, 0.2) is 0 Å². The van der Waals surface area contributed by atoms with E-state index in [0.29, 0.717) is 12.1 Å².